The molecule has 2 aliphatic heterocycles. The van der Waals surface area contributed by atoms with Crippen LogP contribution < -0.4 is 5.32 Å². The number of sulfonamides is 1. The molecule has 1 saturated heterocycles. The van der Waals surface area contributed by atoms with Gasteiger partial charge in [-0.1, -0.05) is 36.4 Å². The Morgan fingerprint density at radius 3 is 2.50 bits per heavy atom. The van der Waals surface area contributed by atoms with E-state index in [1.807, 2.05) is 23.1 Å². The summed E-state index contributed by atoms with van der Waals surface area (Å²) in [5.41, 5.74) is 2.46. The standard InChI is InChI=1S/C22H31N3O4S/c1-30(28,29)25-14-5-8-20(9-13-23-21(26)12-17-25)22(27)24-15-10-19(11-16-24)18-6-3-2-4-7-18/h2-4,6-7,10,20H,5,8-9,11-17H2,1H3,(H,23,26). The third-order valence-electron chi connectivity index (χ3n) is 5.85. The number of benzene rings is 1. The van der Waals surface area contributed by atoms with Crippen molar-refractivity contribution in [3.8, 4) is 0 Å². The second-order valence-electron chi connectivity index (χ2n) is 8.02. The van der Waals surface area contributed by atoms with Crippen molar-refractivity contribution in [1.29, 1.82) is 0 Å². The minimum absolute atomic E-state index is 0.0952. The Labute approximate surface area is 179 Å². The Morgan fingerprint density at radius 2 is 1.83 bits per heavy atom. The Hall–Kier alpha value is -2.19. The summed E-state index contributed by atoms with van der Waals surface area (Å²) in [5.74, 6) is -0.292. The van der Waals surface area contributed by atoms with Crippen LogP contribution in [0.3, 0.4) is 0 Å². The van der Waals surface area contributed by atoms with Gasteiger partial charge < -0.3 is 10.2 Å². The van der Waals surface area contributed by atoms with Crippen LogP contribution >= 0.6 is 0 Å². The summed E-state index contributed by atoms with van der Waals surface area (Å²) in [7, 11) is -3.37. The molecule has 1 atom stereocenters. The fourth-order valence-electron chi connectivity index (χ4n) is 4.09. The average Bonchev–Trinajstić information content (AvgIpc) is 2.78. The minimum atomic E-state index is -3.37. The van der Waals surface area contributed by atoms with Crippen LogP contribution in [0.1, 0.15) is 37.7 Å². The molecule has 0 aromatic heterocycles. The third kappa shape index (κ3) is 6.15. The zero-order valence-corrected chi connectivity index (χ0v) is 18.4. The lowest BCUT2D eigenvalue weighted by Crippen LogP contribution is -2.40. The first-order chi connectivity index (χ1) is 14.3. The first-order valence-electron chi connectivity index (χ1n) is 10.6. The van der Waals surface area contributed by atoms with Crippen LogP contribution in [0, 0.1) is 5.92 Å². The van der Waals surface area contributed by atoms with E-state index in [1.165, 1.54) is 15.4 Å². The van der Waals surface area contributed by atoms with Gasteiger partial charge in [0, 0.05) is 45.1 Å². The molecule has 1 aromatic carbocycles. The number of nitrogens with one attached hydrogen (secondary N) is 1. The molecule has 2 aliphatic rings. The van der Waals surface area contributed by atoms with E-state index in [1.54, 1.807) is 0 Å². The zero-order valence-electron chi connectivity index (χ0n) is 17.5. The molecular formula is C22H31N3O4S. The van der Waals surface area contributed by atoms with Gasteiger partial charge in [0.2, 0.25) is 21.8 Å². The van der Waals surface area contributed by atoms with Crippen LogP contribution in [0.2, 0.25) is 0 Å². The number of nitrogens with zero attached hydrogens (tertiary/aromatic N) is 2. The largest absolute Gasteiger partial charge is 0.356 e. The van der Waals surface area contributed by atoms with Crippen molar-refractivity contribution in [2.45, 2.75) is 32.1 Å². The van der Waals surface area contributed by atoms with E-state index in [-0.39, 0.29) is 30.7 Å². The van der Waals surface area contributed by atoms with Gasteiger partial charge >= 0.3 is 0 Å². The van der Waals surface area contributed by atoms with Crippen LogP contribution in [0.25, 0.3) is 5.57 Å². The molecule has 2 amide bonds. The first kappa shape index (κ1) is 22.5. The molecule has 1 unspecified atom stereocenters. The maximum Gasteiger partial charge on any atom is 0.226 e. The van der Waals surface area contributed by atoms with Crippen LogP contribution in [-0.2, 0) is 19.6 Å². The average molecular weight is 434 g/mol. The minimum Gasteiger partial charge on any atom is -0.356 e. The molecule has 8 heteroatoms. The molecule has 0 aliphatic carbocycles. The summed E-state index contributed by atoms with van der Waals surface area (Å²) in [6.45, 7) is 2.22. The van der Waals surface area contributed by atoms with Gasteiger partial charge in [-0.2, -0.15) is 0 Å². The second kappa shape index (κ2) is 10.2. The number of carbonyl (C=O) groups is 2. The molecule has 7 nitrogen and oxygen atoms in total. The Kier molecular flexibility index (Phi) is 7.66. The first-order valence-corrected chi connectivity index (χ1v) is 12.4. The van der Waals surface area contributed by atoms with E-state index in [0.29, 0.717) is 45.4 Å². The summed E-state index contributed by atoms with van der Waals surface area (Å²) in [6, 6.07) is 10.2. The molecule has 3 rings (SSSR count). The third-order valence-corrected chi connectivity index (χ3v) is 7.15. The van der Waals surface area contributed by atoms with Crippen molar-refractivity contribution in [2.24, 2.45) is 5.92 Å². The van der Waals surface area contributed by atoms with Crippen molar-refractivity contribution in [2.75, 3.05) is 39.0 Å². The van der Waals surface area contributed by atoms with Gasteiger partial charge in [0.25, 0.3) is 0 Å². The molecular weight excluding hydrogens is 402 g/mol. The quantitative estimate of drug-likeness (QED) is 0.788. The predicted octanol–water partition coefficient (Wildman–Crippen LogP) is 1.87. The summed E-state index contributed by atoms with van der Waals surface area (Å²) < 4.78 is 25.3. The van der Waals surface area contributed by atoms with Gasteiger partial charge in [0.15, 0.2) is 0 Å². The lowest BCUT2D eigenvalue weighted by molar-refractivity contribution is -0.135. The lowest BCUT2D eigenvalue weighted by Gasteiger charge is -2.30. The topological polar surface area (TPSA) is 86.8 Å². The molecule has 1 fully saturated rings. The SMILES string of the molecule is CS(=O)(=O)N1CCCC(C(=O)N2CC=C(c3ccccc3)CC2)CCNC(=O)CC1. The fourth-order valence-corrected chi connectivity index (χ4v) is 4.97. The Bertz CT molecular complexity index is 883. The van der Waals surface area contributed by atoms with Gasteiger partial charge in [-0.3, -0.25) is 9.59 Å². The predicted molar refractivity (Wildman–Crippen MR) is 117 cm³/mol. The summed E-state index contributed by atoms with van der Waals surface area (Å²) >= 11 is 0. The molecule has 0 spiro atoms. The normalized spacial score (nSPS) is 22.6. The highest BCUT2D eigenvalue weighted by Crippen LogP contribution is 2.24. The van der Waals surface area contributed by atoms with E-state index >= 15 is 0 Å². The zero-order chi connectivity index (χ0) is 21.6. The molecule has 1 N–H and O–H groups in total. The van der Waals surface area contributed by atoms with Crippen LogP contribution in [-0.4, -0.2) is 68.4 Å². The number of hydrogen-bond donors (Lipinski definition) is 1. The maximum atomic E-state index is 13.2. The van der Waals surface area contributed by atoms with Crippen LogP contribution in [0.4, 0.5) is 0 Å². The summed E-state index contributed by atoms with van der Waals surface area (Å²) in [6.07, 6.45) is 6.05. The van der Waals surface area contributed by atoms with E-state index in [9.17, 15) is 18.0 Å². The number of carbonyl (C=O) groups excluding carboxylic acids is 2. The van der Waals surface area contributed by atoms with E-state index < -0.39 is 10.0 Å². The van der Waals surface area contributed by atoms with Gasteiger partial charge in [-0.15, -0.1) is 0 Å². The summed E-state index contributed by atoms with van der Waals surface area (Å²) in [4.78, 5) is 27.0. The Balaban J connectivity index is 1.64. The maximum absolute atomic E-state index is 13.2. The van der Waals surface area contributed by atoms with Crippen molar-refractivity contribution in [3.63, 3.8) is 0 Å². The molecule has 2 heterocycles. The van der Waals surface area contributed by atoms with Crippen molar-refractivity contribution in [1.82, 2.24) is 14.5 Å². The second-order valence-corrected chi connectivity index (χ2v) is 10.0. The monoisotopic (exact) mass is 433 g/mol. The van der Waals surface area contributed by atoms with Gasteiger partial charge in [0.1, 0.15) is 0 Å². The number of amides is 2. The highest BCUT2D eigenvalue weighted by atomic mass is 32.2. The molecule has 30 heavy (non-hydrogen) atoms. The lowest BCUT2D eigenvalue weighted by atomic mass is 9.95. The van der Waals surface area contributed by atoms with Crippen LogP contribution in [0.15, 0.2) is 36.4 Å². The van der Waals surface area contributed by atoms with E-state index in [2.05, 4.69) is 23.5 Å². The molecule has 164 valence electrons. The molecule has 0 saturated carbocycles. The van der Waals surface area contributed by atoms with Crippen LogP contribution in [0.5, 0.6) is 0 Å². The van der Waals surface area contributed by atoms with Crippen molar-refractivity contribution >= 4 is 27.4 Å². The smallest absolute Gasteiger partial charge is 0.226 e. The van der Waals surface area contributed by atoms with Gasteiger partial charge in [-0.05, 0) is 36.8 Å². The number of hydrogen-bond acceptors (Lipinski definition) is 4. The van der Waals surface area contributed by atoms with E-state index in [4.69, 9.17) is 0 Å². The van der Waals surface area contributed by atoms with Crippen molar-refractivity contribution < 1.29 is 18.0 Å². The highest BCUT2D eigenvalue weighted by molar-refractivity contribution is 7.88. The highest BCUT2D eigenvalue weighted by Gasteiger charge is 2.27. The van der Waals surface area contributed by atoms with Crippen molar-refractivity contribution in [3.05, 3.63) is 42.0 Å². The summed E-state index contributed by atoms with van der Waals surface area (Å²) in [5, 5.41) is 2.83. The van der Waals surface area contributed by atoms with Gasteiger partial charge in [-0.25, -0.2) is 12.7 Å². The fraction of sp³-hybridized carbons (Fsp3) is 0.545. The molecule has 1 aromatic rings. The number of rotatable bonds is 3. The molecule has 0 radical (unpaired) electrons. The Morgan fingerprint density at radius 1 is 1.07 bits per heavy atom. The van der Waals surface area contributed by atoms with E-state index in [0.717, 1.165) is 12.7 Å². The molecule has 0 bridgehead atoms. The van der Waals surface area contributed by atoms with Gasteiger partial charge in [0.05, 0.1) is 6.26 Å².